The van der Waals surface area contributed by atoms with Crippen LogP contribution in [0.2, 0.25) is 0 Å². The molecule has 0 saturated heterocycles. The van der Waals surface area contributed by atoms with Gasteiger partial charge in [0.15, 0.2) is 5.52 Å². The Balaban J connectivity index is 2.64. The average molecular weight is 172 g/mol. The van der Waals surface area contributed by atoms with Crippen LogP contribution in [0, 0.1) is 0 Å². The lowest BCUT2D eigenvalue weighted by Gasteiger charge is -1.82. The van der Waals surface area contributed by atoms with E-state index in [4.69, 9.17) is 4.42 Å². The number of aromatic nitrogens is 4. The molecule has 3 rings (SSSR count). The van der Waals surface area contributed by atoms with Crippen molar-refractivity contribution in [1.29, 1.82) is 0 Å². The van der Waals surface area contributed by atoms with E-state index in [1.54, 1.807) is 6.20 Å². The molecule has 0 aromatic carbocycles. The molecule has 0 amide bonds. The molecule has 3 aromatic heterocycles. The van der Waals surface area contributed by atoms with E-state index in [0.29, 0.717) is 16.9 Å². The van der Waals surface area contributed by atoms with Crippen molar-refractivity contribution in [1.82, 2.24) is 20.2 Å². The minimum atomic E-state index is 0.476. The second kappa shape index (κ2) is 2.22. The summed E-state index contributed by atoms with van der Waals surface area (Å²) in [5.74, 6) is 0. The average Bonchev–Trinajstić information content (AvgIpc) is 2.56. The van der Waals surface area contributed by atoms with Gasteiger partial charge in [-0.1, -0.05) is 0 Å². The highest BCUT2D eigenvalue weighted by atomic mass is 16.3. The predicted molar refractivity (Wildman–Crippen MR) is 44.9 cm³/mol. The van der Waals surface area contributed by atoms with E-state index < -0.39 is 0 Å². The molecule has 0 radical (unpaired) electrons. The molecule has 13 heavy (non-hydrogen) atoms. The number of nitrogens with zero attached hydrogens (tertiary/aromatic N) is 4. The van der Waals surface area contributed by atoms with Gasteiger partial charge in [-0.05, 0) is 12.1 Å². The number of fused-ring (bicyclic) bond motifs is 3. The first-order valence-electron chi connectivity index (χ1n) is 3.76. The smallest absolute Gasteiger partial charge is 0.251 e. The molecule has 62 valence electrons. The molecule has 0 aliphatic rings. The van der Waals surface area contributed by atoms with Crippen LogP contribution in [0.4, 0.5) is 0 Å². The summed E-state index contributed by atoms with van der Waals surface area (Å²) in [5, 5.41) is 8.45. The first kappa shape index (κ1) is 6.47. The Labute approximate surface area is 72.4 Å². The Morgan fingerprint density at radius 3 is 3.15 bits per heavy atom. The highest BCUT2D eigenvalue weighted by Gasteiger charge is 2.08. The van der Waals surface area contributed by atoms with Crippen LogP contribution in [0.1, 0.15) is 0 Å². The van der Waals surface area contributed by atoms with Crippen molar-refractivity contribution >= 4 is 22.3 Å². The summed E-state index contributed by atoms with van der Waals surface area (Å²) in [6.07, 6.45) is 3.02. The fraction of sp³-hybridized carbons (Fsp3) is 0. The Morgan fingerprint density at radius 1 is 1.15 bits per heavy atom. The zero-order valence-corrected chi connectivity index (χ0v) is 6.51. The minimum absolute atomic E-state index is 0.476. The zero-order chi connectivity index (χ0) is 8.67. The van der Waals surface area contributed by atoms with Gasteiger partial charge < -0.3 is 4.42 Å². The Kier molecular flexibility index (Phi) is 1.11. The van der Waals surface area contributed by atoms with E-state index in [2.05, 4.69) is 20.2 Å². The molecule has 0 spiro atoms. The van der Waals surface area contributed by atoms with E-state index >= 15 is 0 Å². The van der Waals surface area contributed by atoms with Crippen LogP contribution in [0.15, 0.2) is 29.1 Å². The van der Waals surface area contributed by atoms with Gasteiger partial charge >= 0.3 is 0 Å². The summed E-state index contributed by atoms with van der Waals surface area (Å²) in [4.78, 5) is 7.98. The number of hydrogen-bond acceptors (Lipinski definition) is 5. The SMILES string of the molecule is c1cnc2oc3ncnnc3c2c1. The van der Waals surface area contributed by atoms with Crippen molar-refractivity contribution in [3.05, 3.63) is 24.7 Å². The largest absolute Gasteiger partial charge is 0.417 e. The molecule has 0 aliphatic heterocycles. The third-order valence-corrected chi connectivity index (χ3v) is 1.81. The minimum Gasteiger partial charge on any atom is -0.417 e. The highest BCUT2D eigenvalue weighted by Crippen LogP contribution is 2.21. The van der Waals surface area contributed by atoms with Gasteiger partial charge in [0.05, 0.1) is 5.39 Å². The quantitative estimate of drug-likeness (QED) is 0.509. The fourth-order valence-electron chi connectivity index (χ4n) is 1.25. The molecule has 0 atom stereocenters. The molecule has 0 saturated carbocycles. The van der Waals surface area contributed by atoms with Crippen molar-refractivity contribution in [2.24, 2.45) is 0 Å². The van der Waals surface area contributed by atoms with Crippen LogP contribution >= 0.6 is 0 Å². The normalized spacial score (nSPS) is 11.1. The van der Waals surface area contributed by atoms with Crippen LogP contribution in [-0.2, 0) is 0 Å². The van der Waals surface area contributed by atoms with Crippen molar-refractivity contribution in [2.75, 3.05) is 0 Å². The molecule has 0 bridgehead atoms. The van der Waals surface area contributed by atoms with Crippen LogP contribution in [0.3, 0.4) is 0 Å². The van der Waals surface area contributed by atoms with Gasteiger partial charge in [0.25, 0.3) is 5.71 Å². The number of hydrogen-bond donors (Lipinski definition) is 0. The van der Waals surface area contributed by atoms with Crippen LogP contribution in [0.25, 0.3) is 22.3 Å². The van der Waals surface area contributed by atoms with Gasteiger partial charge in [-0.3, -0.25) is 0 Å². The van der Waals surface area contributed by atoms with Gasteiger partial charge in [-0.15, -0.1) is 10.2 Å². The Morgan fingerprint density at radius 2 is 2.15 bits per heavy atom. The van der Waals surface area contributed by atoms with E-state index in [-0.39, 0.29) is 0 Å². The molecular formula is C8H4N4O. The predicted octanol–water partition coefficient (Wildman–Crippen LogP) is 1.17. The summed E-state index contributed by atoms with van der Waals surface area (Å²) in [6.45, 7) is 0. The molecular weight excluding hydrogens is 168 g/mol. The summed E-state index contributed by atoms with van der Waals surface area (Å²) < 4.78 is 5.33. The lowest BCUT2D eigenvalue weighted by Crippen LogP contribution is -1.81. The highest BCUT2D eigenvalue weighted by molar-refractivity contribution is 5.98. The van der Waals surface area contributed by atoms with Gasteiger partial charge in [0.1, 0.15) is 6.33 Å². The second-order valence-electron chi connectivity index (χ2n) is 2.57. The molecule has 0 fully saturated rings. The van der Waals surface area contributed by atoms with Gasteiger partial charge in [0, 0.05) is 6.20 Å². The molecule has 3 heterocycles. The zero-order valence-electron chi connectivity index (χ0n) is 6.51. The number of pyridine rings is 1. The van der Waals surface area contributed by atoms with E-state index in [1.165, 1.54) is 6.33 Å². The van der Waals surface area contributed by atoms with Gasteiger partial charge in [-0.25, -0.2) is 4.98 Å². The maximum atomic E-state index is 5.33. The van der Waals surface area contributed by atoms with Gasteiger partial charge in [-0.2, -0.15) is 4.98 Å². The fourth-order valence-corrected chi connectivity index (χ4v) is 1.25. The standard InChI is InChI=1S/C8H4N4O/c1-2-5-6-8(10-4-11-12-6)13-7(5)9-3-1/h1-4H. The first-order chi connectivity index (χ1) is 6.45. The lowest BCUT2D eigenvalue weighted by molar-refractivity contribution is 0.636. The summed E-state index contributed by atoms with van der Waals surface area (Å²) in [7, 11) is 0. The second-order valence-corrected chi connectivity index (χ2v) is 2.57. The van der Waals surface area contributed by atoms with Crippen LogP contribution < -0.4 is 0 Å². The van der Waals surface area contributed by atoms with Crippen molar-refractivity contribution in [3.63, 3.8) is 0 Å². The summed E-state index contributed by atoms with van der Waals surface area (Å²) in [5.41, 5.74) is 1.68. The summed E-state index contributed by atoms with van der Waals surface area (Å²) in [6, 6.07) is 3.70. The molecule has 0 N–H and O–H groups in total. The topological polar surface area (TPSA) is 64.7 Å². The third kappa shape index (κ3) is 0.807. The van der Waals surface area contributed by atoms with Crippen molar-refractivity contribution in [2.45, 2.75) is 0 Å². The molecule has 3 aromatic rings. The molecule has 5 nitrogen and oxygen atoms in total. The first-order valence-corrected chi connectivity index (χ1v) is 3.76. The van der Waals surface area contributed by atoms with Crippen molar-refractivity contribution < 1.29 is 4.42 Å². The van der Waals surface area contributed by atoms with E-state index in [1.807, 2.05) is 12.1 Å². The Hall–Kier alpha value is -2.04. The molecule has 0 aliphatic carbocycles. The van der Waals surface area contributed by atoms with E-state index in [9.17, 15) is 0 Å². The maximum absolute atomic E-state index is 5.33. The molecule has 5 heteroatoms. The third-order valence-electron chi connectivity index (χ3n) is 1.81. The van der Waals surface area contributed by atoms with E-state index in [0.717, 1.165) is 5.39 Å². The summed E-state index contributed by atoms with van der Waals surface area (Å²) >= 11 is 0. The van der Waals surface area contributed by atoms with Gasteiger partial charge in [0.2, 0.25) is 5.71 Å². The Bertz CT molecular complexity index is 524. The lowest BCUT2D eigenvalue weighted by atomic mass is 10.3. The molecule has 0 unspecified atom stereocenters. The maximum Gasteiger partial charge on any atom is 0.251 e. The van der Waals surface area contributed by atoms with Crippen molar-refractivity contribution in [3.8, 4) is 0 Å². The number of furan rings is 1. The van der Waals surface area contributed by atoms with Crippen LogP contribution in [0.5, 0.6) is 0 Å². The van der Waals surface area contributed by atoms with Crippen LogP contribution in [-0.4, -0.2) is 20.2 Å². The number of rotatable bonds is 0. The monoisotopic (exact) mass is 172 g/mol.